The molecule has 2 heterocycles. The van der Waals surface area contributed by atoms with Crippen molar-refractivity contribution < 1.29 is 4.42 Å². The van der Waals surface area contributed by atoms with Gasteiger partial charge in [0, 0.05) is 22.5 Å². The minimum atomic E-state index is 0.629. The zero-order valence-electron chi connectivity index (χ0n) is 14.3. The van der Waals surface area contributed by atoms with E-state index in [1.807, 2.05) is 18.3 Å². The molecule has 2 aromatic carbocycles. The predicted octanol–water partition coefficient (Wildman–Crippen LogP) is 6.15. The summed E-state index contributed by atoms with van der Waals surface area (Å²) < 4.78 is 6.20. The lowest BCUT2D eigenvalue weighted by Gasteiger charge is -2.08. The number of para-hydroxylation sites is 1. The van der Waals surface area contributed by atoms with Gasteiger partial charge in [-0.05, 0) is 54.7 Å². The largest absolute Gasteiger partial charge is 0.455 e. The van der Waals surface area contributed by atoms with E-state index >= 15 is 0 Å². The maximum Gasteiger partial charge on any atom is 0.145 e. The Labute approximate surface area is 142 Å². The molecule has 0 atom stereocenters. The van der Waals surface area contributed by atoms with Gasteiger partial charge in [0.25, 0.3) is 0 Å². The third-order valence-corrected chi connectivity index (χ3v) is 4.48. The molecular formula is C22H21NO. The van der Waals surface area contributed by atoms with Crippen LogP contribution in [-0.4, -0.2) is 4.98 Å². The van der Waals surface area contributed by atoms with Crippen molar-refractivity contribution in [1.29, 1.82) is 0 Å². The quantitative estimate of drug-likeness (QED) is 0.453. The minimum absolute atomic E-state index is 0.629. The highest BCUT2D eigenvalue weighted by atomic mass is 16.3. The van der Waals surface area contributed by atoms with Crippen LogP contribution in [0.25, 0.3) is 33.2 Å². The Hall–Kier alpha value is -2.61. The van der Waals surface area contributed by atoms with Crippen molar-refractivity contribution in [3.8, 4) is 11.3 Å². The monoisotopic (exact) mass is 315 g/mol. The molecule has 0 amide bonds. The van der Waals surface area contributed by atoms with E-state index in [1.54, 1.807) is 0 Å². The van der Waals surface area contributed by atoms with Gasteiger partial charge in [0.2, 0.25) is 0 Å². The highest BCUT2D eigenvalue weighted by Crippen LogP contribution is 2.37. The zero-order chi connectivity index (χ0) is 16.7. The van der Waals surface area contributed by atoms with Gasteiger partial charge < -0.3 is 4.42 Å². The third-order valence-electron chi connectivity index (χ3n) is 4.48. The first-order chi connectivity index (χ1) is 11.6. The van der Waals surface area contributed by atoms with Crippen LogP contribution in [0.2, 0.25) is 0 Å². The molecule has 0 aliphatic heterocycles. The lowest BCUT2D eigenvalue weighted by Crippen LogP contribution is -1.95. The molecule has 0 bridgehead atoms. The smallest absolute Gasteiger partial charge is 0.145 e. The molecule has 0 aliphatic carbocycles. The summed E-state index contributed by atoms with van der Waals surface area (Å²) in [4.78, 5) is 4.61. The number of hydrogen-bond donors (Lipinski definition) is 0. The predicted molar refractivity (Wildman–Crippen MR) is 100 cm³/mol. The summed E-state index contributed by atoms with van der Waals surface area (Å²) in [5.41, 5.74) is 6.47. The molecule has 0 radical (unpaired) electrons. The van der Waals surface area contributed by atoms with Crippen molar-refractivity contribution in [2.24, 2.45) is 5.92 Å². The van der Waals surface area contributed by atoms with Crippen molar-refractivity contribution in [3.63, 3.8) is 0 Å². The van der Waals surface area contributed by atoms with Crippen LogP contribution in [0.5, 0.6) is 0 Å². The van der Waals surface area contributed by atoms with Crippen molar-refractivity contribution in [1.82, 2.24) is 4.98 Å². The summed E-state index contributed by atoms with van der Waals surface area (Å²) in [5, 5.41) is 2.37. The number of aromatic nitrogens is 1. The summed E-state index contributed by atoms with van der Waals surface area (Å²) in [6.07, 6.45) is 2.96. The van der Waals surface area contributed by atoms with Gasteiger partial charge in [0.1, 0.15) is 11.2 Å². The molecule has 120 valence electrons. The maximum absolute atomic E-state index is 6.20. The minimum Gasteiger partial charge on any atom is -0.455 e. The molecule has 24 heavy (non-hydrogen) atoms. The molecule has 0 saturated heterocycles. The second-order valence-electron chi connectivity index (χ2n) is 6.88. The fourth-order valence-electron chi connectivity index (χ4n) is 3.42. The Bertz CT molecular complexity index is 1030. The molecule has 2 aromatic heterocycles. The van der Waals surface area contributed by atoms with Crippen molar-refractivity contribution in [3.05, 3.63) is 65.9 Å². The first-order valence-electron chi connectivity index (χ1n) is 8.49. The van der Waals surface area contributed by atoms with Gasteiger partial charge in [-0.1, -0.05) is 38.1 Å². The van der Waals surface area contributed by atoms with Crippen LogP contribution in [0.4, 0.5) is 0 Å². The van der Waals surface area contributed by atoms with Crippen LogP contribution in [0.1, 0.15) is 25.0 Å². The fourth-order valence-corrected chi connectivity index (χ4v) is 3.42. The molecule has 0 spiro atoms. The Morgan fingerprint density at radius 2 is 1.88 bits per heavy atom. The summed E-state index contributed by atoms with van der Waals surface area (Å²) >= 11 is 0. The lowest BCUT2D eigenvalue weighted by atomic mass is 9.99. The molecule has 4 aromatic rings. The van der Waals surface area contributed by atoms with E-state index in [0.29, 0.717) is 5.92 Å². The van der Waals surface area contributed by atoms with E-state index in [1.165, 1.54) is 21.9 Å². The number of benzene rings is 2. The molecule has 0 aliphatic rings. The number of rotatable bonds is 3. The highest BCUT2D eigenvalue weighted by Gasteiger charge is 2.15. The number of pyridine rings is 1. The molecule has 0 unspecified atom stereocenters. The van der Waals surface area contributed by atoms with Crippen LogP contribution in [0.15, 0.2) is 59.1 Å². The molecule has 4 rings (SSSR count). The highest BCUT2D eigenvalue weighted by molar-refractivity contribution is 6.10. The van der Waals surface area contributed by atoms with Gasteiger partial charge in [0.05, 0.1) is 5.69 Å². The molecule has 0 N–H and O–H groups in total. The molecule has 0 fully saturated rings. The summed E-state index contributed by atoms with van der Waals surface area (Å²) in [6, 6.07) is 16.8. The second-order valence-corrected chi connectivity index (χ2v) is 6.88. The fraction of sp³-hybridized carbons (Fsp3) is 0.227. The van der Waals surface area contributed by atoms with Crippen LogP contribution < -0.4 is 0 Å². The van der Waals surface area contributed by atoms with Gasteiger partial charge in [-0.2, -0.15) is 0 Å². The molecule has 0 saturated carbocycles. The number of hydrogen-bond acceptors (Lipinski definition) is 2. The van der Waals surface area contributed by atoms with Crippen LogP contribution >= 0.6 is 0 Å². The number of fused-ring (bicyclic) bond motifs is 3. The number of aryl methyl sites for hydroxylation is 1. The zero-order valence-corrected chi connectivity index (χ0v) is 14.3. The number of nitrogens with zero attached hydrogens (tertiary/aromatic N) is 1. The average Bonchev–Trinajstić information content (AvgIpc) is 2.95. The van der Waals surface area contributed by atoms with Crippen molar-refractivity contribution in [2.45, 2.75) is 27.2 Å². The Balaban J connectivity index is 1.96. The Morgan fingerprint density at radius 3 is 2.71 bits per heavy atom. The van der Waals surface area contributed by atoms with E-state index in [-0.39, 0.29) is 0 Å². The summed E-state index contributed by atoms with van der Waals surface area (Å²) in [7, 11) is 0. The lowest BCUT2D eigenvalue weighted by molar-refractivity contribution is 0.647. The first kappa shape index (κ1) is 14.9. The van der Waals surface area contributed by atoms with E-state index in [2.05, 4.69) is 62.2 Å². The van der Waals surface area contributed by atoms with Crippen LogP contribution in [0, 0.1) is 12.8 Å². The van der Waals surface area contributed by atoms with Crippen molar-refractivity contribution >= 4 is 21.9 Å². The maximum atomic E-state index is 6.20. The van der Waals surface area contributed by atoms with E-state index in [9.17, 15) is 0 Å². The average molecular weight is 315 g/mol. The Kier molecular flexibility index (Phi) is 3.61. The van der Waals surface area contributed by atoms with Gasteiger partial charge in [-0.15, -0.1) is 0 Å². The third kappa shape index (κ3) is 2.48. The second kappa shape index (κ2) is 5.79. The standard InChI is InChI=1S/C22H21NO/c1-14(2)12-16-10-11-23-19(13-16)17-9-8-15(3)21-18-6-4-5-7-20(18)24-22(17)21/h4-11,13-14H,12H2,1-3H3. The van der Waals surface area contributed by atoms with Crippen LogP contribution in [0.3, 0.4) is 0 Å². The molecular weight excluding hydrogens is 294 g/mol. The van der Waals surface area contributed by atoms with Gasteiger partial charge in [-0.3, -0.25) is 4.98 Å². The normalized spacial score (nSPS) is 11.7. The summed E-state index contributed by atoms with van der Waals surface area (Å²) in [6.45, 7) is 6.61. The van der Waals surface area contributed by atoms with Gasteiger partial charge in [0.15, 0.2) is 0 Å². The van der Waals surface area contributed by atoms with E-state index in [4.69, 9.17) is 4.42 Å². The van der Waals surface area contributed by atoms with E-state index < -0.39 is 0 Å². The first-order valence-corrected chi connectivity index (χ1v) is 8.49. The van der Waals surface area contributed by atoms with Crippen LogP contribution in [-0.2, 0) is 6.42 Å². The SMILES string of the molecule is Cc1ccc(-c2cc(CC(C)C)ccn2)c2oc3ccccc3c12. The van der Waals surface area contributed by atoms with Gasteiger partial charge in [-0.25, -0.2) is 0 Å². The molecule has 2 nitrogen and oxygen atoms in total. The number of furan rings is 1. The molecule has 2 heteroatoms. The van der Waals surface area contributed by atoms with Crippen molar-refractivity contribution in [2.75, 3.05) is 0 Å². The topological polar surface area (TPSA) is 26.0 Å². The van der Waals surface area contributed by atoms with E-state index in [0.717, 1.165) is 28.8 Å². The summed E-state index contributed by atoms with van der Waals surface area (Å²) in [5.74, 6) is 0.629. The van der Waals surface area contributed by atoms with Gasteiger partial charge >= 0.3 is 0 Å². The Morgan fingerprint density at radius 1 is 1.04 bits per heavy atom.